The number of aryl methyl sites for hydroxylation is 1. The second-order valence-corrected chi connectivity index (χ2v) is 6.32. The Bertz CT molecular complexity index is 960. The van der Waals surface area contributed by atoms with Crippen molar-refractivity contribution in [1.82, 2.24) is 4.98 Å². The molecule has 0 aliphatic rings. The van der Waals surface area contributed by atoms with Crippen LogP contribution in [0.15, 0.2) is 36.4 Å². The molecule has 6 nitrogen and oxygen atoms in total. The van der Waals surface area contributed by atoms with Gasteiger partial charge in [0, 0.05) is 36.9 Å². The van der Waals surface area contributed by atoms with Gasteiger partial charge in [0.05, 0.1) is 19.7 Å². The molecule has 0 aliphatic carbocycles. The summed E-state index contributed by atoms with van der Waals surface area (Å²) in [5, 5.41) is 3.81. The number of anilines is 2. The fraction of sp³-hybridized carbons (Fsp3) is 0.250. The monoisotopic (exact) mass is 353 g/mol. The first-order chi connectivity index (χ1) is 12.4. The van der Waals surface area contributed by atoms with E-state index in [4.69, 9.17) is 9.47 Å². The number of hydrogen-bond acceptors (Lipinski definition) is 4. The van der Waals surface area contributed by atoms with Crippen LogP contribution in [0.4, 0.5) is 11.4 Å². The van der Waals surface area contributed by atoms with Crippen molar-refractivity contribution in [1.29, 1.82) is 0 Å². The van der Waals surface area contributed by atoms with Gasteiger partial charge in [-0.2, -0.15) is 0 Å². The van der Waals surface area contributed by atoms with Crippen LogP contribution in [0.3, 0.4) is 0 Å². The first kappa shape index (κ1) is 17.7. The number of nitrogens with one attached hydrogen (secondary N) is 2. The lowest BCUT2D eigenvalue weighted by atomic mass is 10.1. The van der Waals surface area contributed by atoms with E-state index in [1.165, 1.54) is 0 Å². The van der Waals surface area contributed by atoms with Crippen LogP contribution in [0.25, 0.3) is 10.9 Å². The third-order valence-electron chi connectivity index (χ3n) is 4.34. The summed E-state index contributed by atoms with van der Waals surface area (Å²) in [4.78, 5) is 17.8. The largest absolute Gasteiger partial charge is 0.497 e. The van der Waals surface area contributed by atoms with Gasteiger partial charge >= 0.3 is 0 Å². The van der Waals surface area contributed by atoms with Crippen molar-refractivity contribution in [2.75, 3.05) is 38.5 Å². The minimum absolute atomic E-state index is 0.206. The van der Waals surface area contributed by atoms with Crippen molar-refractivity contribution >= 4 is 28.2 Å². The Morgan fingerprint density at radius 2 is 1.85 bits per heavy atom. The number of benzene rings is 2. The van der Waals surface area contributed by atoms with Crippen LogP contribution in [0, 0.1) is 6.92 Å². The van der Waals surface area contributed by atoms with Crippen LogP contribution in [0.2, 0.25) is 0 Å². The first-order valence-corrected chi connectivity index (χ1v) is 8.27. The molecule has 6 heteroatoms. The molecule has 0 saturated heterocycles. The molecule has 0 fully saturated rings. The van der Waals surface area contributed by atoms with Gasteiger partial charge in [-0.15, -0.1) is 0 Å². The predicted molar refractivity (Wildman–Crippen MR) is 105 cm³/mol. The standard InChI is InChI=1S/C20H23N3O3/c1-12-8-14(23(2)3)6-7-16(12)22-20(24)17-10-13-9-15(25-4)11-18(26-5)19(13)21-17/h6-11,21H,1-5H3,(H,22,24). The van der Waals surface area contributed by atoms with Crippen LogP contribution in [0.1, 0.15) is 16.1 Å². The molecule has 1 aromatic heterocycles. The summed E-state index contributed by atoms with van der Waals surface area (Å²) in [6.45, 7) is 1.97. The smallest absolute Gasteiger partial charge is 0.272 e. The molecule has 0 atom stereocenters. The molecular weight excluding hydrogens is 330 g/mol. The minimum atomic E-state index is -0.206. The second-order valence-electron chi connectivity index (χ2n) is 6.32. The van der Waals surface area contributed by atoms with Gasteiger partial charge in [0.25, 0.3) is 5.91 Å². The molecule has 0 spiro atoms. The second kappa shape index (κ2) is 7.00. The summed E-state index contributed by atoms with van der Waals surface area (Å²) in [5.41, 5.74) is 4.09. The van der Waals surface area contributed by atoms with Crippen molar-refractivity contribution in [3.8, 4) is 11.5 Å². The first-order valence-electron chi connectivity index (χ1n) is 8.27. The highest BCUT2D eigenvalue weighted by molar-refractivity contribution is 6.07. The maximum Gasteiger partial charge on any atom is 0.272 e. The number of aromatic amines is 1. The number of amides is 1. The Balaban J connectivity index is 1.91. The molecule has 2 aromatic carbocycles. The van der Waals surface area contributed by atoms with E-state index in [1.54, 1.807) is 26.4 Å². The average Bonchev–Trinajstić information content (AvgIpc) is 3.06. The zero-order chi connectivity index (χ0) is 18.8. The Labute approximate surface area is 152 Å². The van der Waals surface area contributed by atoms with Crippen LogP contribution in [0.5, 0.6) is 11.5 Å². The Morgan fingerprint density at radius 1 is 1.08 bits per heavy atom. The van der Waals surface area contributed by atoms with E-state index in [2.05, 4.69) is 10.3 Å². The molecule has 1 heterocycles. The average molecular weight is 353 g/mol. The van der Waals surface area contributed by atoms with Crippen molar-refractivity contribution in [2.24, 2.45) is 0 Å². The fourth-order valence-corrected chi connectivity index (χ4v) is 2.84. The van der Waals surface area contributed by atoms with Gasteiger partial charge in [-0.3, -0.25) is 4.79 Å². The number of aromatic nitrogens is 1. The van der Waals surface area contributed by atoms with Crippen molar-refractivity contribution < 1.29 is 14.3 Å². The molecule has 3 aromatic rings. The zero-order valence-electron chi connectivity index (χ0n) is 15.6. The molecule has 26 heavy (non-hydrogen) atoms. The molecule has 136 valence electrons. The van der Waals surface area contributed by atoms with E-state index in [0.29, 0.717) is 17.2 Å². The molecule has 0 bridgehead atoms. The summed E-state index contributed by atoms with van der Waals surface area (Å²) in [6, 6.07) is 11.4. The normalized spacial score (nSPS) is 10.7. The highest BCUT2D eigenvalue weighted by atomic mass is 16.5. The number of rotatable bonds is 5. The quantitative estimate of drug-likeness (QED) is 0.732. The van der Waals surface area contributed by atoms with Crippen molar-refractivity contribution in [3.05, 3.63) is 47.7 Å². The molecule has 0 aliphatic heterocycles. The Hall–Kier alpha value is -3.15. The van der Waals surface area contributed by atoms with E-state index < -0.39 is 0 Å². The maximum absolute atomic E-state index is 12.7. The fourth-order valence-electron chi connectivity index (χ4n) is 2.84. The van der Waals surface area contributed by atoms with Gasteiger partial charge in [0.2, 0.25) is 0 Å². The van der Waals surface area contributed by atoms with E-state index in [9.17, 15) is 4.79 Å². The van der Waals surface area contributed by atoms with E-state index >= 15 is 0 Å². The summed E-state index contributed by atoms with van der Waals surface area (Å²) in [7, 11) is 7.16. The van der Waals surface area contributed by atoms with Gasteiger partial charge in [-0.1, -0.05) is 0 Å². The topological polar surface area (TPSA) is 66.6 Å². The third-order valence-corrected chi connectivity index (χ3v) is 4.34. The molecular formula is C20H23N3O3. The number of methoxy groups -OCH3 is 2. The van der Waals surface area contributed by atoms with Crippen LogP contribution >= 0.6 is 0 Å². The molecule has 2 N–H and O–H groups in total. The van der Waals surface area contributed by atoms with Gasteiger partial charge < -0.3 is 24.7 Å². The summed E-state index contributed by atoms with van der Waals surface area (Å²) < 4.78 is 10.7. The van der Waals surface area contributed by atoms with Crippen LogP contribution in [-0.2, 0) is 0 Å². The number of ether oxygens (including phenoxy) is 2. The summed E-state index contributed by atoms with van der Waals surface area (Å²) in [5.74, 6) is 1.10. The van der Waals surface area contributed by atoms with Crippen LogP contribution in [-0.4, -0.2) is 39.2 Å². The highest BCUT2D eigenvalue weighted by Gasteiger charge is 2.15. The zero-order valence-corrected chi connectivity index (χ0v) is 15.6. The number of fused-ring (bicyclic) bond motifs is 1. The molecule has 3 rings (SSSR count). The summed E-state index contributed by atoms with van der Waals surface area (Å²) in [6.07, 6.45) is 0. The Kier molecular flexibility index (Phi) is 4.75. The molecule has 0 radical (unpaired) electrons. The lowest BCUT2D eigenvalue weighted by Gasteiger charge is -2.15. The third kappa shape index (κ3) is 3.31. The number of nitrogens with zero attached hydrogens (tertiary/aromatic N) is 1. The molecule has 0 unspecified atom stereocenters. The van der Waals surface area contributed by atoms with E-state index in [-0.39, 0.29) is 5.91 Å². The predicted octanol–water partition coefficient (Wildman–Crippen LogP) is 3.81. The highest BCUT2D eigenvalue weighted by Crippen LogP contribution is 2.31. The lowest BCUT2D eigenvalue weighted by molar-refractivity contribution is 0.102. The maximum atomic E-state index is 12.7. The van der Waals surface area contributed by atoms with Crippen molar-refractivity contribution in [2.45, 2.75) is 6.92 Å². The van der Waals surface area contributed by atoms with Crippen molar-refractivity contribution in [3.63, 3.8) is 0 Å². The Morgan fingerprint density at radius 3 is 2.46 bits per heavy atom. The molecule has 1 amide bonds. The minimum Gasteiger partial charge on any atom is -0.497 e. The van der Waals surface area contributed by atoms with E-state index in [0.717, 1.165) is 27.8 Å². The molecule has 0 saturated carbocycles. The number of hydrogen-bond donors (Lipinski definition) is 2. The van der Waals surface area contributed by atoms with Gasteiger partial charge in [-0.05, 0) is 42.8 Å². The van der Waals surface area contributed by atoms with Gasteiger partial charge in [-0.25, -0.2) is 0 Å². The number of carbonyl (C=O) groups excluding carboxylic acids is 1. The van der Waals surface area contributed by atoms with E-state index in [1.807, 2.05) is 50.2 Å². The summed E-state index contributed by atoms with van der Waals surface area (Å²) >= 11 is 0. The van der Waals surface area contributed by atoms with Gasteiger partial charge in [0.15, 0.2) is 0 Å². The number of H-pyrrole nitrogens is 1. The number of carbonyl (C=O) groups is 1. The van der Waals surface area contributed by atoms with Crippen LogP contribution < -0.4 is 19.7 Å². The lowest BCUT2D eigenvalue weighted by Crippen LogP contribution is -2.14. The SMILES string of the molecule is COc1cc(OC)c2[nH]c(C(=O)Nc3ccc(N(C)C)cc3C)cc2c1. The van der Waals surface area contributed by atoms with Gasteiger partial charge in [0.1, 0.15) is 17.2 Å².